The van der Waals surface area contributed by atoms with E-state index in [9.17, 15) is 5.11 Å². The van der Waals surface area contributed by atoms with Gasteiger partial charge in [-0.05, 0) is 45.0 Å². The molecule has 1 N–H and O–H groups in total. The molecular formula is C13H25N5O. The zero-order chi connectivity index (χ0) is 13.9. The van der Waals surface area contributed by atoms with Crippen LogP contribution < -0.4 is 0 Å². The summed E-state index contributed by atoms with van der Waals surface area (Å²) in [6.07, 6.45) is 5.02. The zero-order valence-electron chi connectivity index (χ0n) is 12.2. The number of aromatic nitrogens is 4. The van der Waals surface area contributed by atoms with Gasteiger partial charge in [0.1, 0.15) is 0 Å². The molecule has 0 radical (unpaired) electrons. The van der Waals surface area contributed by atoms with Gasteiger partial charge in [-0.15, -0.1) is 10.2 Å². The van der Waals surface area contributed by atoms with Crippen LogP contribution in [-0.4, -0.2) is 54.9 Å². The van der Waals surface area contributed by atoms with E-state index in [1.807, 2.05) is 0 Å². The van der Waals surface area contributed by atoms with Gasteiger partial charge in [-0.1, -0.05) is 12.8 Å². The van der Waals surface area contributed by atoms with E-state index in [1.54, 1.807) is 7.05 Å². The number of rotatable bonds is 4. The predicted octanol–water partition coefficient (Wildman–Crippen LogP) is 0.768. The highest BCUT2D eigenvalue weighted by Gasteiger charge is 2.35. The topological polar surface area (TPSA) is 67.1 Å². The SMILES string of the molecule is Cn1nnc(CC(O)C(C)(C)N2CCCCCC2)n1. The summed E-state index contributed by atoms with van der Waals surface area (Å²) in [5.74, 6) is 0.609. The van der Waals surface area contributed by atoms with Crippen LogP contribution >= 0.6 is 0 Å². The summed E-state index contributed by atoms with van der Waals surface area (Å²) in [6, 6.07) is 0. The second-order valence-corrected chi connectivity index (χ2v) is 5.97. The summed E-state index contributed by atoms with van der Waals surface area (Å²) < 4.78 is 0. The molecule has 6 heteroatoms. The average molecular weight is 267 g/mol. The van der Waals surface area contributed by atoms with Gasteiger partial charge < -0.3 is 5.11 Å². The molecule has 0 aliphatic carbocycles. The van der Waals surface area contributed by atoms with Gasteiger partial charge in [0.25, 0.3) is 0 Å². The van der Waals surface area contributed by atoms with E-state index < -0.39 is 6.10 Å². The molecule has 1 atom stereocenters. The van der Waals surface area contributed by atoms with Gasteiger partial charge in [0.05, 0.1) is 13.2 Å². The van der Waals surface area contributed by atoms with Crippen LogP contribution in [0.1, 0.15) is 45.4 Å². The van der Waals surface area contributed by atoms with Crippen molar-refractivity contribution in [2.75, 3.05) is 13.1 Å². The summed E-state index contributed by atoms with van der Waals surface area (Å²) in [7, 11) is 1.74. The van der Waals surface area contributed by atoms with Crippen molar-refractivity contribution in [1.82, 2.24) is 25.1 Å². The van der Waals surface area contributed by atoms with E-state index in [-0.39, 0.29) is 5.54 Å². The molecule has 0 bridgehead atoms. The molecule has 0 amide bonds. The van der Waals surface area contributed by atoms with Gasteiger partial charge >= 0.3 is 0 Å². The lowest BCUT2D eigenvalue weighted by atomic mass is 9.92. The molecule has 0 saturated carbocycles. The third kappa shape index (κ3) is 3.51. The highest BCUT2D eigenvalue weighted by molar-refractivity contribution is 4.95. The number of aliphatic hydroxyl groups excluding tert-OH is 1. The molecule has 2 rings (SSSR count). The molecular weight excluding hydrogens is 242 g/mol. The van der Waals surface area contributed by atoms with E-state index in [0.29, 0.717) is 12.2 Å². The molecule has 1 aromatic heterocycles. The maximum atomic E-state index is 10.5. The third-order valence-corrected chi connectivity index (χ3v) is 4.16. The first-order chi connectivity index (χ1) is 9.00. The molecule has 1 saturated heterocycles. The van der Waals surface area contributed by atoms with Gasteiger partial charge in [0.2, 0.25) is 0 Å². The van der Waals surface area contributed by atoms with Gasteiger partial charge in [-0.3, -0.25) is 4.90 Å². The van der Waals surface area contributed by atoms with Crippen LogP contribution in [0.3, 0.4) is 0 Å². The number of hydrogen-bond acceptors (Lipinski definition) is 5. The van der Waals surface area contributed by atoms with E-state index in [1.165, 1.54) is 30.5 Å². The Balaban J connectivity index is 2.00. The van der Waals surface area contributed by atoms with E-state index >= 15 is 0 Å². The van der Waals surface area contributed by atoms with Crippen LogP contribution in [0.2, 0.25) is 0 Å². The first-order valence-corrected chi connectivity index (χ1v) is 7.16. The fourth-order valence-corrected chi connectivity index (χ4v) is 2.69. The third-order valence-electron chi connectivity index (χ3n) is 4.16. The van der Waals surface area contributed by atoms with Crippen molar-refractivity contribution in [3.8, 4) is 0 Å². The lowest BCUT2D eigenvalue weighted by molar-refractivity contribution is -0.00888. The largest absolute Gasteiger partial charge is 0.391 e. The van der Waals surface area contributed by atoms with Gasteiger partial charge in [-0.25, -0.2) is 0 Å². The Bertz CT molecular complexity index is 395. The number of aliphatic hydroxyl groups is 1. The van der Waals surface area contributed by atoms with Crippen LogP contribution in [0.5, 0.6) is 0 Å². The lowest BCUT2D eigenvalue weighted by Gasteiger charge is -2.41. The van der Waals surface area contributed by atoms with Gasteiger partial charge in [0, 0.05) is 12.0 Å². The Morgan fingerprint density at radius 1 is 1.21 bits per heavy atom. The molecule has 1 fully saturated rings. The Labute approximate surface area is 114 Å². The lowest BCUT2D eigenvalue weighted by Crippen LogP contribution is -2.53. The Morgan fingerprint density at radius 2 is 1.84 bits per heavy atom. The minimum Gasteiger partial charge on any atom is -0.391 e. The van der Waals surface area contributed by atoms with E-state index in [2.05, 4.69) is 34.2 Å². The quantitative estimate of drug-likeness (QED) is 0.872. The molecule has 1 unspecified atom stereocenters. The van der Waals surface area contributed by atoms with Crippen molar-refractivity contribution >= 4 is 0 Å². The number of tetrazole rings is 1. The van der Waals surface area contributed by atoms with Gasteiger partial charge in [0.15, 0.2) is 5.82 Å². The van der Waals surface area contributed by atoms with Crippen LogP contribution in [-0.2, 0) is 13.5 Å². The fraction of sp³-hybridized carbons (Fsp3) is 0.923. The standard InChI is InChI=1S/C13H25N5O/c1-13(2,18-8-6-4-5-7-9-18)11(19)10-12-14-16-17(3)15-12/h11,19H,4-10H2,1-3H3. The number of aryl methyl sites for hydroxylation is 1. The molecule has 0 aromatic carbocycles. The summed E-state index contributed by atoms with van der Waals surface area (Å²) in [4.78, 5) is 3.84. The Hall–Kier alpha value is -1.01. The summed E-state index contributed by atoms with van der Waals surface area (Å²) >= 11 is 0. The fourth-order valence-electron chi connectivity index (χ4n) is 2.69. The van der Waals surface area contributed by atoms with Crippen LogP contribution in [0.25, 0.3) is 0 Å². The van der Waals surface area contributed by atoms with Crippen molar-refractivity contribution in [3.63, 3.8) is 0 Å². The predicted molar refractivity (Wildman–Crippen MR) is 72.6 cm³/mol. The number of nitrogens with zero attached hydrogens (tertiary/aromatic N) is 5. The number of hydrogen-bond donors (Lipinski definition) is 1. The van der Waals surface area contributed by atoms with Crippen molar-refractivity contribution in [2.45, 2.75) is 57.6 Å². The van der Waals surface area contributed by atoms with Crippen molar-refractivity contribution in [2.24, 2.45) is 7.05 Å². The maximum Gasteiger partial charge on any atom is 0.177 e. The van der Waals surface area contributed by atoms with Crippen LogP contribution in [0.4, 0.5) is 0 Å². The van der Waals surface area contributed by atoms with E-state index in [0.717, 1.165) is 13.1 Å². The molecule has 1 aromatic rings. The van der Waals surface area contributed by atoms with Crippen LogP contribution in [0.15, 0.2) is 0 Å². The van der Waals surface area contributed by atoms with Crippen molar-refractivity contribution in [1.29, 1.82) is 0 Å². The van der Waals surface area contributed by atoms with Crippen LogP contribution in [0, 0.1) is 0 Å². The second-order valence-electron chi connectivity index (χ2n) is 5.97. The highest BCUT2D eigenvalue weighted by Crippen LogP contribution is 2.24. The summed E-state index contributed by atoms with van der Waals surface area (Å²) in [5, 5.41) is 22.4. The first-order valence-electron chi connectivity index (χ1n) is 7.16. The Morgan fingerprint density at radius 3 is 2.37 bits per heavy atom. The zero-order valence-corrected chi connectivity index (χ0v) is 12.2. The molecule has 0 spiro atoms. The minimum absolute atomic E-state index is 0.246. The average Bonchev–Trinajstić information content (AvgIpc) is 2.63. The first kappa shape index (κ1) is 14.4. The Kier molecular flexibility index (Phi) is 4.52. The second kappa shape index (κ2) is 5.96. The van der Waals surface area contributed by atoms with E-state index in [4.69, 9.17) is 0 Å². The van der Waals surface area contributed by atoms with Crippen molar-refractivity contribution < 1.29 is 5.11 Å². The maximum absolute atomic E-state index is 10.5. The monoisotopic (exact) mass is 267 g/mol. The summed E-state index contributed by atoms with van der Waals surface area (Å²) in [6.45, 7) is 6.36. The highest BCUT2D eigenvalue weighted by atomic mass is 16.3. The van der Waals surface area contributed by atoms with Gasteiger partial charge in [-0.2, -0.15) is 4.80 Å². The number of likely N-dealkylation sites (tertiary alicyclic amines) is 1. The summed E-state index contributed by atoms with van der Waals surface area (Å²) in [5.41, 5.74) is -0.246. The normalized spacial score (nSPS) is 20.2. The molecule has 1 aliphatic heterocycles. The van der Waals surface area contributed by atoms with Crippen molar-refractivity contribution in [3.05, 3.63) is 5.82 Å². The molecule has 108 valence electrons. The molecule has 2 heterocycles. The molecule has 6 nitrogen and oxygen atoms in total. The minimum atomic E-state index is -0.477. The molecule has 19 heavy (non-hydrogen) atoms. The molecule has 1 aliphatic rings. The smallest absolute Gasteiger partial charge is 0.177 e.